The molecule has 0 N–H and O–H groups in total. The zero-order valence-corrected chi connectivity index (χ0v) is 14.2. The molecular formula is C14H15BFN3OS2. The van der Waals surface area contributed by atoms with Gasteiger partial charge in [0.15, 0.2) is 0 Å². The van der Waals surface area contributed by atoms with E-state index in [2.05, 4.69) is 9.97 Å². The van der Waals surface area contributed by atoms with E-state index in [1.165, 1.54) is 28.5 Å². The molecule has 0 saturated heterocycles. The van der Waals surface area contributed by atoms with E-state index in [4.69, 9.17) is 7.85 Å². The Bertz CT molecular complexity index is 680. The third kappa shape index (κ3) is 3.67. The molecule has 1 unspecified atom stereocenters. The molecule has 0 aliphatic heterocycles. The number of hydrogen-bond donors (Lipinski definition) is 0. The maximum absolute atomic E-state index is 13.3. The number of anilines is 1. The maximum Gasteiger partial charge on any atom is 0.231 e. The van der Waals surface area contributed by atoms with Crippen molar-refractivity contribution in [1.82, 2.24) is 9.97 Å². The van der Waals surface area contributed by atoms with Gasteiger partial charge in [0.2, 0.25) is 5.91 Å². The minimum atomic E-state index is -0.439. The van der Waals surface area contributed by atoms with Crippen LogP contribution in [0.3, 0.4) is 0 Å². The minimum Gasteiger partial charge on any atom is -0.306 e. The van der Waals surface area contributed by atoms with Crippen LogP contribution in [0, 0.1) is 11.7 Å². The third-order valence-electron chi connectivity index (χ3n) is 3.06. The molecule has 0 saturated carbocycles. The van der Waals surface area contributed by atoms with Gasteiger partial charge in [0.05, 0.1) is 6.20 Å². The van der Waals surface area contributed by atoms with Crippen LogP contribution >= 0.6 is 23.1 Å². The van der Waals surface area contributed by atoms with Gasteiger partial charge < -0.3 is 4.90 Å². The molecule has 2 heterocycles. The number of aromatic nitrogens is 2. The molecule has 22 heavy (non-hydrogen) atoms. The first-order valence-corrected chi connectivity index (χ1v) is 8.78. The monoisotopic (exact) mass is 335 g/mol. The molecule has 2 aromatic rings. The van der Waals surface area contributed by atoms with Gasteiger partial charge in [-0.2, -0.15) is 11.8 Å². The fraction of sp³-hybridized carbons (Fsp3) is 0.357. The zero-order valence-electron chi connectivity index (χ0n) is 12.5. The van der Waals surface area contributed by atoms with Crippen molar-refractivity contribution in [2.24, 2.45) is 5.92 Å². The van der Waals surface area contributed by atoms with Crippen molar-refractivity contribution in [3.63, 3.8) is 0 Å². The van der Waals surface area contributed by atoms with Crippen LogP contribution in [-0.2, 0) is 4.79 Å². The number of hydrogen-bond acceptors (Lipinski definition) is 5. The first-order valence-electron chi connectivity index (χ1n) is 6.57. The van der Waals surface area contributed by atoms with Gasteiger partial charge in [0.25, 0.3) is 0 Å². The molecule has 2 aromatic heterocycles. The highest BCUT2D eigenvalue weighted by atomic mass is 32.2. The van der Waals surface area contributed by atoms with Crippen LogP contribution in [0.15, 0.2) is 18.5 Å². The summed E-state index contributed by atoms with van der Waals surface area (Å²) in [5, 5.41) is 1.11. The Kier molecular flexibility index (Phi) is 5.58. The first kappa shape index (κ1) is 17.0. The average molecular weight is 335 g/mol. The summed E-state index contributed by atoms with van der Waals surface area (Å²) in [6.07, 6.45) is 4.60. The van der Waals surface area contributed by atoms with Gasteiger partial charge >= 0.3 is 0 Å². The fourth-order valence-electron chi connectivity index (χ4n) is 1.97. The largest absolute Gasteiger partial charge is 0.306 e. The predicted octanol–water partition coefficient (Wildman–Crippen LogP) is 2.10. The highest BCUT2D eigenvalue weighted by Crippen LogP contribution is 2.29. The minimum absolute atomic E-state index is 0.0198. The van der Waals surface area contributed by atoms with Crippen LogP contribution < -0.4 is 10.5 Å². The van der Waals surface area contributed by atoms with Crippen molar-refractivity contribution in [3.05, 3.63) is 24.3 Å². The van der Waals surface area contributed by atoms with Crippen molar-refractivity contribution in [2.45, 2.75) is 6.92 Å². The molecular weight excluding hydrogens is 320 g/mol. The van der Waals surface area contributed by atoms with Gasteiger partial charge in [-0.25, -0.2) is 4.39 Å². The smallest absolute Gasteiger partial charge is 0.231 e. The molecule has 1 amide bonds. The highest BCUT2D eigenvalue weighted by Gasteiger charge is 2.22. The molecule has 2 radical (unpaired) electrons. The second kappa shape index (κ2) is 7.24. The molecule has 0 aliphatic rings. The van der Waals surface area contributed by atoms with E-state index in [1.54, 1.807) is 18.8 Å². The van der Waals surface area contributed by atoms with Crippen molar-refractivity contribution in [2.75, 3.05) is 24.0 Å². The number of carbonyl (C=O) groups excluding carboxylic acids is 1. The fourth-order valence-corrected chi connectivity index (χ4v) is 3.54. The van der Waals surface area contributed by atoms with Gasteiger partial charge in [-0.1, -0.05) is 18.3 Å². The molecule has 4 nitrogen and oxygen atoms in total. The summed E-state index contributed by atoms with van der Waals surface area (Å²) in [4.78, 5) is 21.9. The van der Waals surface area contributed by atoms with E-state index >= 15 is 0 Å². The molecule has 0 aliphatic carbocycles. The summed E-state index contributed by atoms with van der Waals surface area (Å²) >= 11 is 2.87. The molecule has 0 bridgehead atoms. The van der Waals surface area contributed by atoms with Crippen molar-refractivity contribution < 1.29 is 9.18 Å². The van der Waals surface area contributed by atoms with Crippen LogP contribution in [0.1, 0.15) is 6.92 Å². The lowest BCUT2D eigenvalue weighted by atomic mass is 10.1. The van der Waals surface area contributed by atoms with E-state index in [-0.39, 0.29) is 17.4 Å². The summed E-state index contributed by atoms with van der Waals surface area (Å²) in [7, 11) is 7.59. The summed E-state index contributed by atoms with van der Waals surface area (Å²) in [6, 6.07) is 1.34. The van der Waals surface area contributed by atoms with Gasteiger partial charge in [0.1, 0.15) is 23.7 Å². The Balaban J connectivity index is 2.28. The number of pyridine rings is 1. The predicted molar refractivity (Wildman–Crippen MR) is 91.6 cm³/mol. The van der Waals surface area contributed by atoms with Crippen LogP contribution in [0.25, 0.3) is 10.6 Å². The summed E-state index contributed by atoms with van der Waals surface area (Å²) in [5.74, 6) is 0.169. The molecule has 0 aromatic carbocycles. The van der Waals surface area contributed by atoms with E-state index in [1.807, 2.05) is 13.2 Å². The Morgan fingerprint density at radius 1 is 1.55 bits per heavy atom. The third-order valence-corrected chi connectivity index (χ3v) is 5.09. The number of thiazole rings is 1. The SMILES string of the molecule is [B]c1nc(-c2cncc(F)c2)sc1N(C)C(=O)C(C)CSC. The van der Waals surface area contributed by atoms with E-state index in [0.717, 1.165) is 11.9 Å². The molecule has 2 rings (SSSR count). The van der Waals surface area contributed by atoms with Crippen molar-refractivity contribution in [1.29, 1.82) is 0 Å². The van der Waals surface area contributed by atoms with Crippen LogP contribution in [0.5, 0.6) is 0 Å². The lowest BCUT2D eigenvalue weighted by Gasteiger charge is -2.20. The summed E-state index contributed by atoms with van der Waals surface area (Å²) < 4.78 is 13.3. The normalized spacial score (nSPS) is 12.2. The van der Waals surface area contributed by atoms with Crippen molar-refractivity contribution in [3.8, 4) is 10.6 Å². The second-order valence-corrected chi connectivity index (χ2v) is 6.74. The Morgan fingerprint density at radius 3 is 2.91 bits per heavy atom. The molecule has 1 atom stereocenters. The Labute approximate surface area is 138 Å². The lowest BCUT2D eigenvalue weighted by Crippen LogP contribution is -2.34. The topological polar surface area (TPSA) is 46.1 Å². The standard InChI is InChI=1S/C14H15BFN3OS2/c1-8(7-21-3)13(20)19(2)14-11(15)18-12(22-14)9-4-10(16)6-17-5-9/h4-6,8H,7H2,1-3H3. The van der Waals surface area contributed by atoms with Crippen molar-refractivity contribution >= 4 is 47.4 Å². The molecule has 8 heteroatoms. The summed E-state index contributed by atoms with van der Waals surface area (Å²) in [6.45, 7) is 1.88. The number of halogens is 1. The molecule has 0 spiro atoms. The number of amides is 1. The number of nitrogens with zero attached hydrogens (tertiary/aromatic N) is 3. The van der Waals surface area contributed by atoms with Crippen LogP contribution in [0.2, 0.25) is 0 Å². The van der Waals surface area contributed by atoms with E-state index in [0.29, 0.717) is 15.6 Å². The second-order valence-electron chi connectivity index (χ2n) is 4.85. The Morgan fingerprint density at radius 2 is 2.27 bits per heavy atom. The summed E-state index contributed by atoms with van der Waals surface area (Å²) in [5.41, 5.74) is 0.803. The average Bonchev–Trinajstić information content (AvgIpc) is 2.88. The number of carbonyl (C=O) groups is 1. The van der Waals surface area contributed by atoms with Gasteiger partial charge in [-0.05, 0) is 12.3 Å². The maximum atomic E-state index is 13.3. The Hall–Kier alpha value is -1.41. The van der Waals surface area contributed by atoms with Gasteiger partial charge in [-0.15, -0.1) is 0 Å². The quantitative estimate of drug-likeness (QED) is 0.785. The zero-order chi connectivity index (χ0) is 16.3. The number of rotatable bonds is 5. The van der Waals surface area contributed by atoms with Gasteiger partial charge in [-0.3, -0.25) is 14.8 Å². The van der Waals surface area contributed by atoms with E-state index < -0.39 is 5.82 Å². The molecule has 114 valence electrons. The lowest BCUT2D eigenvalue weighted by molar-refractivity contribution is -0.120. The van der Waals surface area contributed by atoms with E-state index in [9.17, 15) is 9.18 Å². The highest BCUT2D eigenvalue weighted by molar-refractivity contribution is 7.98. The molecule has 0 fully saturated rings. The van der Waals surface area contributed by atoms with Gasteiger partial charge in [0, 0.05) is 36.1 Å². The van der Waals surface area contributed by atoms with Crippen LogP contribution in [0.4, 0.5) is 9.39 Å². The number of thioether (sulfide) groups is 1. The first-order chi connectivity index (χ1) is 10.4. The van der Waals surface area contributed by atoms with Crippen LogP contribution in [-0.4, -0.2) is 42.8 Å².